The van der Waals surface area contributed by atoms with Gasteiger partial charge < -0.3 is 23.7 Å². The van der Waals surface area contributed by atoms with E-state index in [0.717, 1.165) is 0 Å². The third-order valence-electron chi connectivity index (χ3n) is 7.56. The van der Waals surface area contributed by atoms with Crippen molar-refractivity contribution in [2.45, 2.75) is 24.4 Å². The van der Waals surface area contributed by atoms with Crippen LogP contribution in [0.25, 0.3) is 0 Å². The zero-order valence-corrected chi connectivity index (χ0v) is 27.5. The van der Waals surface area contributed by atoms with Crippen LogP contribution in [-0.2, 0) is 28.5 Å². The largest absolute Gasteiger partial charge is 0.458 e. The smallest absolute Gasteiger partial charge is 0.338 e. The molecule has 0 aliphatic carbocycles. The van der Waals surface area contributed by atoms with Gasteiger partial charge in [-0.2, -0.15) is 0 Å². The Hall–Kier alpha value is -6.88. The van der Waals surface area contributed by atoms with Gasteiger partial charge in [-0.15, -0.1) is 0 Å². The van der Waals surface area contributed by atoms with E-state index < -0.39 is 60.9 Å². The van der Waals surface area contributed by atoms with Crippen molar-refractivity contribution in [2.75, 3.05) is 6.61 Å². The standard InChI is InChI=1S/C41H32O11/c42-26-33(49-38(44)29-18-8-2-9-19-29)35(51-40(46)31-22-12-4-13-23-31)36(52-41(47)32-24-14-5-15-25-32)34(50-39(45)30-20-10-3-11-21-30)27-48-37(43)28-16-6-1-7-17-28/h1-26,33-36H,27H2. The molecule has 11 heteroatoms. The number of esters is 5. The summed E-state index contributed by atoms with van der Waals surface area (Å²) in [6.45, 7) is -0.753. The van der Waals surface area contributed by atoms with Gasteiger partial charge in [0, 0.05) is 0 Å². The number of hydrogen-bond donors (Lipinski definition) is 0. The number of hydrogen-bond acceptors (Lipinski definition) is 11. The zero-order chi connectivity index (χ0) is 36.7. The molecule has 5 aromatic carbocycles. The monoisotopic (exact) mass is 700 g/mol. The molecule has 0 saturated carbocycles. The molecule has 0 amide bonds. The third kappa shape index (κ3) is 9.85. The lowest BCUT2D eigenvalue weighted by Crippen LogP contribution is -2.54. The summed E-state index contributed by atoms with van der Waals surface area (Å²) in [7, 11) is 0. The highest BCUT2D eigenvalue weighted by molar-refractivity contribution is 5.93. The number of ether oxygens (including phenoxy) is 5. The van der Waals surface area contributed by atoms with E-state index in [0.29, 0.717) is 0 Å². The van der Waals surface area contributed by atoms with Crippen LogP contribution in [0.4, 0.5) is 0 Å². The van der Waals surface area contributed by atoms with Crippen molar-refractivity contribution in [3.8, 4) is 0 Å². The van der Waals surface area contributed by atoms with Crippen molar-refractivity contribution >= 4 is 36.1 Å². The zero-order valence-electron chi connectivity index (χ0n) is 27.5. The molecule has 0 spiro atoms. The Balaban J connectivity index is 1.59. The maximum atomic E-state index is 13.7. The lowest BCUT2D eigenvalue weighted by molar-refractivity contribution is -0.143. The van der Waals surface area contributed by atoms with E-state index in [9.17, 15) is 28.8 Å². The minimum Gasteiger partial charge on any atom is -0.458 e. The van der Waals surface area contributed by atoms with Crippen LogP contribution in [-0.4, -0.2) is 67.2 Å². The Labute approximate surface area is 298 Å². The van der Waals surface area contributed by atoms with Crippen molar-refractivity contribution in [3.05, 3.63) is 179 Å². The molecule has 0 aliphatic heterocycles. The van der Waals surface area contributed by atoms with Crippen LogP contribution in [0.3, 0.4) is 0 Å². The first kappa shape index (κ1) is 36.4. The fourth-order valence-corrected chi connectivity index (χ4v) is 4.94. The Morgan fingerprint density at radius 1 is 0.404 bits per heavy atom. The Morgan fingerprint density at radius 2 is 0.712 bits per heavy atom. The summed E-state index contributed by atoms with van der Waals surface area (Å²) in [5, 5.41) is 0. The van der Waals surface area contributed by atoms with Gasteiger partial charge in [0.1, 0.15) is 6.61 Å². The van der Waals surface area contributed by atoms with Crippen LogP contribution in [0.1, 0.15) is 51.8 Å². The number of carbonyl (C=O) groups excluding carboxylic acids is 6. The van der Waals surface area contributed by atoms with Crippen molar-refractivity contribution < 1.29 is 52.5 Å². The first-order valence-electron chi connectivity index (χ1n) is 16.1. The Kier molecular flexibility index (Phi) is 12.7. The van der Waals surface area contributed by atoms with Crippen molar-refractivity contribution in [3.63, 3.8) is 0 Å². The number of benzene rings is 5. The quantitative estimate of drug-likeness (QED) is 0.0725. The molecule has 5 rings (SSSR count). The molecular weight excluding hydrogens is 668 g/mol. The molecule has 0 radical (unpaired) electrons. The van der Waals surface area contributed by atoms with E-state index in [4.69, 9.17) is 23.7 Å². The highest BCUT2D eigenvalue weighted by Crippen LogP contribution is 2.24. The molecule has 11 nitrogen and oxygen atoms in total. The molecule has 0 heterocycles. The molecule has 5 aromatic rings. The van der Waals surface area contributed by atoms with E-state index in [-0.39, 0.29) is 34.1 Å². The summed E-state index contributed by atoms with van der Waals surface area (Å²) in [4.78, 5) is 80.0. The molecule has 0 N–H and O–H groups in total. The van der Waals surface area contributed by atoms with Gasteiger partial charge in [-0.3, -0.25) is 4.79 Å². The summed E-state index contributed by atoms with van der Waals surface area (Å²) < 4.78 is 28.7. The van der Waals surface area contributed by atoms with E-state index in [2.05, 4.69) is 0 Å². The third-order valence-corrected chi connectivity index (χ3v) is 7.56. The minimum atomic E-state index is -1.95. The molecule has 0 bridgehead atoms. The van der Waals surface area contributed by atoms with Crippen molar-refractivity contribution in [2.24, 2.45) is 0 Å². The number of carbonyl (C=O) groups is 6. The molecular formula is C41H32O11. The summed E-state index contributed by atoms with van der Waals surface area (Å²) in [5.74, 6) is -4.71. The second kappa shape index (κ2) is 18.2. The average molecular weight is 701 g/mol. The summed E-state index contributed by atoms with van der Waals surface area (Å²) >= 11 is 0. The van der Waals surface area contributed by atoms with Gasteiger partial charge >= 0.3 is 29.8 Å². The van der Waals surface area contributed by atoms with E-state index >= 15 is 0 Å². The normalized spacial score (nSPS) is 12.8. The summed E-state index contributed by atoms with van der Waals surface area (Å²) in [6, 6.07) is 38.7. The average Bonchev–Trinajstić information content (AvgIpc) is 3.21. The highest BCUT2D eigenvalue weighted by Gasteiger charge is 2.45. The predicted octanol–water partition coefficient (Wildman–Crippen LogP) is 5.94. The Morgan fingerprint density at radius 3 is 1.08 bits per heavy atom. The van der Waals surface area contributed by atoms with Gasteiger partial charge in [-0.1, -0.05) is 91.0 Å². The fourth-order valence-electron chi connectivity index (χ4n) is 4.94. The van der Waals surface area contributed by atoms with Gasteiger partial charge in [-0.05, 0) is 60.7 Å². The molecule has 4 atom stereocenters. The van der Waals surface area contributed by atoms with Crippen molar-refractivity contribution in [1.29, 1.82) is 0 Å². The van der Waals surface area contributed by atoms with Gasteiger partial charge in [0.15, 0.2) is 30.7 Å². The van der Waals surface area contributed by atoms with Crippen LogP contribution in [0, 0.1) is 0 Å². The number of aldehydes is 1. The summed E-state index contributed by atoms with van der Waals surface area (Å²) in [5.41, 5.74) is 0.370. The second-order valence-electron chi connectivity index (χ2n) is 11.1. The van der Waals surface area contributed by atoms with E-state index in [1.54, 1.807) is 91.0 Å². The lowest BCUT2D eigenvalue weighted by atomic mass is 10.0. The van der Waals surface area contributed by atoms with Gasteiger partial charge in [0.2, 0.25) is 0 Å². The first-order valence-corrected chi connectivity index (χ1v) is 16.1. The van der Waals surface area contributed by atoms with Crippen LogP contribution >= 0.6 is 0 Å². The molecule has 262 valence electrons. The molecule has 0 saturated heterocycles. The molecule has 52 heavy (non-hydrogen) atoms. The van der Waals surface area contributed by atoms with Gasteiger partial charge in [0.25, 0.3) is 0 Å². The second-order valence-corrected chi connectivity index (χ2v) is 11.1. The maximum Gasteiger partial charge on any atom is 0.338 e. The van der Waals surface area contributed by atoms with Crippen LogP contribution in [0.15, 0.2) is 152 Å². The van der Waals surface area contributed by atoms with Gasteiger partial charge in [-0.25, -0.2) is 24.0 Å². The summed E-state index contributed by atoms with van der Waals surface area (Å²) in [6.07, 6.45) is -7.33. The van der Waals surface area contributed by atoms with Crippen LogP contribution in [0.5, 0.6) is 0 Å². The van der Waals surface area contributed by atoms with Gasteiger partial charge in [0.05, 0.1) is 27.8 Å². The first-order chi connectivity index (χ1) is 25.3. The fraction of sp³-hybridized carbons (Fsp3) is 0.122. The topological polar surface area (TPSA) is 149 Å². The van der Waals surface area contributed by atoms with E-state index in [1.807, 2.05) is 0 Å². The van der Waals surface area contributed by atoms with E-state index in [1.165, 1.54) is 60.7 Å². The SMILES string of the molecule is O=CC(OC(=O)c1ccccc1)C(OC(=O)c1ccccc1)C(OC(=O)c1ccccc1)C(COC(=O)c1ccccc1)OC(=O)c1ccccc1. The van der Waals surface area contributed by atoms with Crippen molar-refractivity contribution in [1.82, 2.24) is 0 Å². The molecule has 0 aliphatic rings. The lowest BCUT2D eigenvalue weighted by Gasteiger charge is -2.34. The highest BCUT2D eigenvalue weighted by atomic mass is 16.6. The maximum absolute atomic E-state index is 13.7. The Bertz CT molecular complexity index is 1950. The molecule has 0 aromatic heterocycles. The molecule has 0 fully saturated rings. The number of rotatable bonds is 15. The predicted molar refractivity (Wildman–Crippen MR) is 185 cm³/mol. The molecule has 4 unspecified atom stereocenters. The van der Waals surface area contributed by atoms with Crippen LogP contribution in [0.2, 0.25) is 0 Å². The minimum absolute atomic E-state index is 0.0352. The van der Waals surface area contributed by atoms with Crippen LogP contribution < -0.4 is 0 Å².